The maximum atomic E-state index is 5.48. The SMILES string of the molecule is C=C(CN)C1CCNCC1. The van der Waals surface area contributed by atoms with Gasteiger partial charge >= 0.3 is 0 Å². The van der Waals surface area contributed by atoms with Crippen LogP contribution >= 0.6 is 0 Å². The molecule has 0 aromatic carbocycles. The van der Waals surface area contributed by atoms with Crippen LogP contribution in [0.25, 0.3) is 0 Å². The van der Waals surface area contributed by atoms with Crippen molar-refractivity contribution in [1.29, 1.82) is 0 Å². The fourth-order valence-corrected chi connectivity index (χ4v) is 1.40. The molecule has 0 saturated carbocycles. The molecule has 1 aliphatic heterocycles. The second-order valence-electron chi connectivity index (χ2n) is 2.89. The van der Waals surface area contributed by atoms with Crippen molar-refractivity contribution in [3.05, 3.63) is 12.2 Å². The van der Waals surface area contributed by atoms with E-state index in [0.29, 0.717) is 12.5 Å². The molecular formula is C8H16N2. The van der Waals surface area contributed by atoms with Gasteiger partial charge in [0.2, 0.25) is 0 Å². The summed E-state index contributed by atoms with van der Waals surface area (Å²) in [6.07, 6.45) is 2.44. The van der Waals surface area contributed by atoms with Gasteiger partial charge in [0.25, 0.3) is 0 Å². The minimum atomic E-state index is 0.657. The fraction of sp³-hybridized carbons (Fsp3) is 0.750. The van der Waals surface area contributed by atoms with E-state index in [4.69, 9.17) is 5.73 Å². The van der Waals surface area contributed by atoms with E-state index >= 15 is 0 Å². The van der Waals surface area contributed by atoms with Crippen molar-refractivity contribution in [2.45, 2.75) is 12.8 Å². The zero-order valence-electron chi connectivity index (χ0n) is 6.40. The number of piperidine rings is 1. The Morgan fingerprint density at radius 2 is 2.10 bits per heavy atom. The van der Waals surface area contributed by atoms with Gasteiger partial charge in [-0.25, -0.2) is 0 Å². The molecule has 1 fully saturated rings. The summed E-state index contributed by atoms with van der Waals surface area (Å²) in [5, 5.41) is 3.31. The Hall–Kier alpha value is -0.340. The van der Waals surface area contributed by atoms with E-state index in [2.05, 4.69) is 11.9 Å². The second-order valence-corrected chi connectivity index (χ2v) is 2.89. The molecule has 0 unspecified atom stereocenters. The highest BCUT2D eigenvalue weighted by Gasteiger charge is 2.14. The smallest absolute Gasteiger partial charge is 0.0136 e. The maximum Gasteiger partial charge on any atom is 0.0136 e. The molecule has 1 heterocycles. The third-order valence-corrected chi connectivity index (χ3v) is 2.18. The Balaban J connectivity index is 2.31. The lowest BCUT2D eigenvalue weighted by molar-refractivity contribution is 0.417. The van der Waals surface area contributed by atoms with Gasteiger partial charge in [0.05, 0.1) is 0 Å². The first kappa shape index (κ1) is 7.76. The van der Waals surface area contributed by atoms with Crippen LogP contribution in [0.5, 0.6) is 0 Å². The van der Waals surface area contributed by atoms with Gasteiger partial charge in [0.15, 0.2) is 0 Å². The van der Waals surface area contributed by atoms with Gasteiger partial charge in [-0.3, -0.25) is 0 Å². The average Bonchev–Trinajstić information content (AvgIpc) is 2.05. The number of nitrogens with two attached hydrogens (primary N) is 1. The molecule has 1 saturated heterocycles. The van der Waals surface area contributed by atoms with Crippen molar-refractivity contribution in [2.75, 3.05) is 19.6 Å². The first-order valence-electron chi connectivity index (χ1n) is 3.93. The fourth-order valence-electron chi connectivity index (χ4n) is 1.40. The zero-order valence-corrected chi connectivity index (χ0v) is 6.40. The summed E-state index contributed by atoms with van der Waals surface area (Å²) in [5.74, 6) is 0.686. The van der Waals surface area contributed by atoms with Gasteiger partial charge in [0.1, 0.15) is 0 Å². The normalized spacial score (nSPS) is 20.9. The van der Waals surface area contributed by atoms with E-state index in [1.54, 1.807) is 0 Å². The number of hydrogen-bond donors (Lipinski definition) is 2. The van der Waals surface area contributed by atoms with Crippen LogP contribution in [-0.2, 0) is 0 Å². The molecule has 3 N–H and O–H groups in total. The number of rotatable bonds is 2. The van der Waals surface area contributed by atoms with Gasteiger partial charge in [-0.2, -0.15) is 0 Å². The van der Waals surface area contributed by atoms with Gasteiger partial charge in [-0.05, 0) is 31.8 Å². The summed E-state index contributed by atoms with van der Waals surface area (Å²) in [4.78, 5) is 0. The maximum absolute atomic E-state index is 5.48. The first-order chi connectivity index (χ1) is 4.84. The number of hydrogen-bond acceptors (Lipinski definition) is 2. The van der Waals surface area contributed by atoms with Crippen LogP contribution in [0.1, 0.15) is 12.8 Å². The van der Waals surface area contributed by atoms with Crippen LogP contribution < -0.4 is 11.1 Å². The molecule has 0 aliphatic carbocycles. The van der Waals surface area contributed by atoms with Gasteiger partial charge in [-0.15, -0.1) is 0 Å². The summed E-state index contributed by atoms with van der Waals surface area (Å²) in [7, 11) is 0. The molecule has 0 spiro atoms. The van der Waals surface area contributed by atoms with E-state index in [1.165, 1.54) is 18.4 Å². The summed E-state index contributed by atoms with van der Waals surface area (Å²) in [6, 6.07) is 0. The van der Waals surface area contributed by atoms with Gasteiger partial charge in [0, 0.05) is 6.54 Å². The predicted molar refractivity (Wildman–Crippen MR) is 43.8 cm³/mol. The van der Waals surface area contributed by atoms with Crippen LogP contribution in [-0.4, -0.2) is 19.6 Å². The van der Waals surface area contributed by atoms with E-state index in [1.807, 2.05) is 0 Å². The summed E-state index contributed by atoms with van der Waals surface area (Å²) < 4.78 is 0. The van der Waals surface area contributed by atoms with Crippen LogP contribution in [0.3, 0.4) is 0 Å². The first-order valence-corrected chi connectivity index (χ1v) is 3.93. The summed E-state index contributed by atoms with van der Waals surface area (Å²) in [6.45, 7) is 6.86. The zero-order chi connectivity index (χ0) is 7.40. The van der Waals surface area contributed by atoms with E-state index < -0.39 is 0 Å². The molecular weight excluding hydrogens is 124 g/mol. The lowest BCUT2D eigenvalue weighted by atomic mass is 9.91. The largest absolute Gasteiger partial charge is 0.327 e. The van der Waals surface area contributed by atoms with Gasteiger partial charge in [-0.1, -0.05) is 12.2 Å². The Bertz CT molecular complexity index is 114. The molecule has 0 bridgehead atoms. The van der Waals surface area contributed by atoms with Crippen LogP contribution in [0.4, 0.5) is 0 Å². The molecule has 0 amide bonds. The van der Waals surface area contributed by atoms with Crippen molar-refractivity contribution < 1.29 is 0 Å². The molecule has 1 aliphatic rings. The van der Waals surface area contributed by atoms with Crippen LogP contribution in [0, 0.1) is 5.92 Å². The third-order valence-electron chi connectivity index (χ3n) is 2.18. The molecule has 58 valence electrons. The van der Waals surface area contributed by atoms with Gasteiger partial charge < -0.3 is 11.1 Å². The lowest BCUT2D eigenvalue weighted by Gasteiger charge is -2.23. The molecule has 0 aromatic heterocycles. The highest BCUT2D eigenvalue weighted by molar-refractivity contribution is 5.03. The van der Waals surface area contributed by atoms with E-state index in [-0.39, 0.29) is 0 Å². The predicted octanol–water partition coefficient (Wildman–Crippen LogP) is 0.501. The average molecular weight is 140 g/mol. The molecule has 0 aromatic rings. The standard InChI is InChI=1S/C8H16N2/c1-7(6-9)8-2-4-10-5-3-8/h8,10H,1-6,9H2. The van der Waals surface area contributed by atoms with E-state index in [9.17, 15) is 0 Å². The van der Waals surface area contributed by atoms with Crippen molar-refractivity contribution >= 4 is 0 Å². The number of nitrogens with one attached hydrogen (secondary N) is 1. The molecule has 2 nitrogen and oxygen atoms in total. The van der Waals surface area contributed by atoms with Crippen molar-refractivity contribution in [2.24, 2.45) is 11.7 Å². The Morgan fingerprint density at radius 1 is 1.50 bits per heavy atom. The molecule has 10 heavy (non-hydrogen) atoms. The monoisotopic (exact) mass is 140 g/mol. The van der Waals surface area contributed by atoms with Crippen LogP contribution in [0.15, 0.2) is 12.2 Å². The van der Waals surface area contributed by atoms with Crippen molar-refractivity contribution in [3.8, 4) is 0 Å². The summed E-state index contributed by atoms with van der Waals surface area (Å²) in [5.41, 5.74) is 6.71. The minimum absolute atomic E-state index is 0.657. The summed E-state index contributed by atoms with van der Waals surface area (Å²) >= 11 is 0. The lowest BCUT2D eigenvalue weighted by Crippen LogP contribution is -2.29. The van der Waals surface area contributed by atoms with Crippen molar-refractivity contribution in [1.82, 2.24) is 5.32 Å². The molecule has 1 rings (SSSR count). The van der Waals surface area contributed by atoms with Crippen LogP contribution in [0.2, 0.25) is 0 Å². The second kappa shape index (κ2) is 3.74. The quantitative estimate of drug-likeness (QED) is 0.548. The highest BCUT2D eigenvalue weighted by Crippen LogP contribution is 2.18. The molecule has 0 radical (unpaired) electrons. The molecule has 0 atom stereocenters. The topological polar surface area (TPSA) is 38.0 Å². The Kier molecular flexibility index (Phi) is 2.90. The highest BCUT2D eigenvalue weighted by atomic mass is 14.9. The third kappa shape index (κ3) is 1.82. The molecule has 2 heteroatoms. The van der Waals surface area contributed by atoms with Crippen molar-refractivity contribution in [3.63, 3.8) is 0 Å². The Morgan fingerprint density at radius 3 is 2.60 bits per heavy atom. The van der Waals surface area contributed by atoms with E-state index in [0.717, 1.165) is 13.1 Å². The Labute approximate surface area is 62.5 Å². The minimum Gasteiger partial charge on any atom is -0.327 e.